The maximum Gasteiger partial charge on any atom is 0.240 e. The van der Waals surface area contributed by atoms with Gasteiger partial charge in [-0.15, -0.1) is 11.3 Å². The topological polar surface area (TPSA) is 55.1 Å². The zero-order valence-corrected chi connectivity index (χ0v) is 10.1. The molecule has 0 aliphatic carbocycles. The molecule has 0 aliphatic heterocycles. The third kappa shape index (κ3) is 3.15. The van der Waals surface area contributed by atoms with Crippen molar-refractivity contribution in [1.82, 2.24) is 5.32 Å². The van der Waals surface area contributed by atoms with Crippen molar-refractivity contribution in [2.24, 2.45) is 5.73 Å². The molecule has 0 radical (unpaired) electrons. The van der Waals surface area contributed by atoms with Gasteiger partial charge in [0.05, 0.1) is 0 Å². The van der Waals surface area contributed by atoms with E-state index in [-0.39, 0.29) is 5.91 Å². The number of carbonyl (C=O) groups is 1. The third-order valence-corrected chi connectivity index (χ3v) is 3.40. The van der Waals surface area contributed by atoms with Crippen molar-refractivity contribution in [3.63, 3.8) is 0 Å². The predicted octanol–water partition coefficient (Wildman–Crippen LogP) is 2.06. The van der Waals surface area contributed by atoms with Crippen LogP contribution in [0, 0.1) is 0 Å². The lowest BCUT2D eigenvalue weighted by Crippen LogP contribution is -2.32. The zero-order valence-electron chi connectivity index (χ0n) is 9.30. The highest BCUT2D eigenvalue weighted by molar-refractivity contribution is 7.10. The molecule has 0 aliphatic rings. The van der Waals surface area contributed by atoms with E-state index in [9.17, 15) is 4.79 Å². The highest BCUT2D eigenvalue weighted by atomic mass is 32.1. The van der Waals surface area contributed by atoms with Gasteiger partial charge < -0.3 is 5.73 Å². The molecule has 2 rings (SSSR count). The second kappa shape index (κ2) is 5.61. The molecule has 1 aromatic carbocycles. The fourth-order valence-corrected chi connectivity index (χ4v) is 2.42. The minimum atomic E-state index is -0.407. The van der Waals surface area contributed by atoms with E-state index >= 15 is 0 Å². The summed E-state index contributed by atoms with van der Waals surface area (Å²) in [5.74, 6) is -0.344. The van der Waals surface area contributed by atoms with Crippen LogP contribution in [-0.4, -0.2) is 5.91 Å². The van der Waals surface area contributed by atoms with Crippen LogP contribution in [0.15, 0.2) is 47.8 Å². The smallest absolute Gasteiger partial charge is 0.240 e. The molecule has 2 aromatic rings. The number of primary amides is 1. The Hall–Kier alpha value is -1.65. The monoisotopic (exact) mass is 246 g/mol. The first-order valence-electron chi connectivity index (χ1n) is 5.37. The number of nitrogens with one attached hydrogen (secondary N) is 1. The number of nitrogens with two attached hydrogens (primary N) is 1. The van der Waals surface area contributed by atoms with E-state index in [4.69, 9.17) is 5.73 Å². The molecule has 3 N–H and O–H groups in total. The molecule has 1 heterocycles. The highest BCUT2D eigenvalue weighted by Crippen LogP contribution is 2.19. The standard InChI is InChI=1S/C13H14N2OS/c14-13(16)12(11-7-4-8-17-11)15-9-10-5-2-1-3-6-10/h1-8,12,15H,9H2,(H2,14,16). The first-order chi connectivity index (χ1) is 8.27. The van der Waals surface area contributed by atoms with E-state index < -0.39 is 6.04 Å². The Morgan fingerprint density at radius 1 is 1.24 bits per heavy atom. The molecule has 3 nitrogen and oxygen atoms in total. The summed E-state index contributed by atoms with van der Waals surface area (Å²) in [6.07, 6.45) is 0. The molecule has 1 unspecified atom stereocenters. The SMILES string of the molecule is NC(=O)C(NCc1ccccc1)c1cccs1. The predicted molar refractivity (Wildman–Crippen MR) is 69.5 cm³/mol. The minimum absolute atomic E-state index is 0.344. The van der Waals surface area contributed by atoms with E-state index in [0.717, 1.165) is 10.4 Å². The summed E-state index contributed by atoms with van der Waals surface area (Å²) in [6.45, 7) is 0.631. The maximum absolute atomic E-state index is 11.4. The van der Waals surface area contributed by atoms with Crippen LogP contribution >= 0.6 is 11.3 Å². The molecule has 1 amide bonds. The van der Waals surface area contributed by atoms with Crippen LogP contribution < -0.4 is 11.1 Å². The van der Waals surface area contributed by atoms with E-state index in [1.54, 1.807) is 0 Å². The lowest BCUT2D eigenvalue weighted by Gasteiger charge is -2.13. The van der Waals surface area contributed by atoms with Gasteiger partial charge in [0.25, 0.3) is 0 Å². The van der Waals surface area contributed by atoms with Crippen molar-refractivity contribution in [3.05, 3.63) is 58.3 Å². The van der Waals surface area contributed by atoms with Crippen molar-refractivity contribution < 1.29 is 4.79 Å². The average Bonchev–Trinajstić information content (AvgIpc) is 2.84. The minimum Gasteiger partial charge on any atom is -0.368 e. The third-order valence-electron chi connectivity index (χ3n) is 2.47. The molecular weight excluding hydrogens is 232 g/mol. The molecule has 88 valence electrons. The molecule has 0 fully saturated rings. The number of hydrogen-bond donors (Lipinski definition) is 2. The molecule has 0 spiro atoms. The van der Waals surface area contributed by atoms with Crippen LogP contribution in [0.4, 0.5) is 0 Å². The Labute approximate surface area is 104 Å². The molecule has 4 heteroatoms. The molecule has 1 aromatic heterocycles. The van der Waals surface area contributed by atoms with Crippen LogP contribution in [0.25, 0.3) is 0 Å². The number of thiophene rings is 1. The van der Waals surface area contributed by atoms with Gasteiger partial charge in [0.2, 0.25) is 5.91 Å². The Morgan fingerprint density at radius 3 is 2.59 bits per heavy atom. The Kier molecular flexibility index (Phi) is 3.90. The number of rotatable bonds is 5. The van der Waals surface area contributed by atoms with Crippen molar-refractivity contribution in [2.45, 2.75) is 12.6 Å². The summed E-state index contributed by atoms with van der Waals surface area (Å²) in [4.78, 5) is 12.3. The number of hydrogen-bond acceptors (Lipinski definition) is 3. The van der Waals surface area contributed by atoms with Crippen molar-refractivity contribution >= 4 is 17.2 Å². The van der Waals surface area contributed by atoms with Gasteiger partial charge in [0.15, 0.2) is 0 Å². The molecule has 0 saturated carbocycles. The summed E-state index contributed by atoms with van der Waals surface area (Å²) < 4.78 is 0. The van der Waals surface area contributed by atoms with E-state index in [1.165, 1.54) is 11.3 Å². The summed E-state index contributed by atoms with van der Waals surface area (Å²) >= 11 is 1.53. The molecule has 0 bridgehead atoms. The lowest BCUT2D eigenvalue weighted by molar-refractivity contribution is -0.120. The van der Waals surface area contributed by atoms with Gasteiger partial charge in [-0.3, -0.25) is 10.1 Å². The van der Waals surface area contributed by atoms with Crippen molar-refractivity contribution in [2.75, 3.05) is 0 Å². The van der Waals surface area contributed by atoms with Gasteiger partial charge in [-0.1, -0.05) is 36.4 Å². The molecule has 17 heavy (non-hydrogen) atoms. The first-order valence-corrected chi connectivity index (χ1v) is 6.25. The Balaban J connectivity index is 2.03. The quantitative estimate of drug-likeness (QED) is 0.848. The van der Waals surface area contributed by atoms with E-state index in [0.29, 0.717) is 6.54 Å². The van der Waals surface area contributed by atoms with E-state index in [2.05, 4.69) is 5.32 Å². The van der Waals surface area contributed by atoms with Gasteiger partial charge in [-0.2, -0.15) is 0 Å². The van der Waals surface area contributed by atoms with Crippen LogP contribution in [0.5, 0.6) is 0 Å². The number of amides is 1. The molecule has 0 saturated heterocycles. The van der Waals surface area contributed by atoms with Gasteiger partial charge in [-0.25, -0.2) is 0 Å². The van der Waals surface area contributed by atoms with E-state index in [1.807, 2.05) is 47.8 Å². The van der Waals surface area contributed by atoms with Gasteiger partial charge in [-0.05, 0) is 17.0 Å². The number of carbonyl (C=O) groups excluding carboxylic acids is 1. The van der Waals surface area contributed by atoms with Crippen LogP contribution in [0.2, 0.25) is 0 Å². The van der Waals surface area contributed by atoms with Crippen LogP contribution in [0.1, 0.15) is 16.5 Å². The summed E-state index contributed by atoms with van der Waals surface area (Å²) in [7, 11) is 0. The Bertz CT molecular complexity index is 467. The lowest BCUT2D eigenvalue weighted by atomic mass is 10.2. The maximum atomic E-state index is 11.4. The highest BCUT2D eigenvalue weighted by Gasteiger charge is 2.17. The summed E-state index contributed by atoms with van der Waals surface area (Å²) in [6, 6.07) is 13.4. The van der Waals surface area contributed by atoms with Gasteiger partial charge in [0, 0.05) is 11.4 Å². The Morgan fingerprint density at radius 2 is 2.00 bits per heavy atom. The van der Waals surface area contributed by atoms with Crippen LogP contribution in [0.3, 0.4) is 0 Å². The zero-order chi connectivity index (χ0) is 12.1. The largest absolute Gasteiger partial charge is 0.368 e. The molecule has 1 atom stereocenters. The fraction of sp³-hybridized carbons (Fsp3) is 0.154. The fourth-order valence-electron chi connectivity index (χ4n) is 1.61. The second-order valence-corrected chi connectivity index (χ2v) is 4.70. The van der Waals surface area contributed by atoms with Crippen molar-refractivity contribution in [1.29, 1.82) is 0 Å². The van der Waals surface area contributed by atoms with Gasteiger partial charge in [0.1, 0.15) is 6.04 Å². The summed E-state index contributed by atoms with van der Waals surface area (Å²) in [5.41, 5.74) is 6.53. The normalized spacial score (nSPS) is 12.2. The first kappa shape index (κ1) is 11.8. The average molecular weight is 246 g/mol. The van der Waals surface area contributed by atoms with Crippen molar-refractivity contribution in [3.8, 4) is 0 Å². The number of benzene rings is 1. The molecular formula is C13H14N2OS. The van der Waals surface area contributed by atoms with Gasteiger partial charge >= 0.3 is 0 Å². The second-order valence-electron chi connectivity index (χ2n) is 3.72. The summed E-state index contributed by atoms with van der Waals surface area (Å²) in [5, 5.41) is 5.11. The van der Waals surface area contributed by atoms with Crippen LogP contribution in [-0.2, 0) is 11.3 Å².